The number of carbonyl (C=O) groups is 3. The molecule has 1 heterocycles. The van der Waals surface area contributed by atoms with E-state index in [-0.39, 0.29) is 5.57 Å². The molecule has 0 bridgehead atoms. The van der Waals surface area contributed by atoms with E-state index < -0.39 is 17.8 Å². The second-order valence-electron chi connectivity index (χ2n) is 8.48. The average Bonchev–Trinajstić information content (AvgIpc) is 2.91. The van der Waals surface area contributed by atoms with Crippen LogP contribution in [0.5, 0.6) is 17.2 Å². The largest absolute Gasteiger partial charge is 0.494 e. The van der Waals surface area contributed by atoms with Crippen LogP contribution in [0.15, 0.2) is 70.7 Å². The highest BCUT2D eigenvalue weighted by molar-refractivity contribution is 14.1. The van der Waals surface area contributed by atoms with Crippen LogP contribution in [-0.4, -0.2) is 31.1 Å². The first-order chi connectivity index (χ1) is 18.8. The highest BCUT2D eigenvalue weighted by atomic mass is 127. The zero-order valence-corrected chi connectivity index (χ0v) is 25.1. The number of imide groups is 2. The fourth-order valence-corrected chi connectivity index (χ4v) is 4.83. The van der Waals surface area contributed by atoms with Crippen LogP contribution in [0.25, 0.3) is 6.08 Å². The van der Waals surface area contributed by atoms with E-state index in [9.17, 15) is 14.4 Å². The number of urea groups is 1. The van der Waals surface area contributed by atoms with Gasteiger partial charge in [-0.2, -0.15) is 0 Å². The van der Waals surface area contributed by atoms with E-state index in [1.165, 1.54) is 6.08 Å². The molecule has 3 aromatic carbocycles. The maximum atomic E-state index is 13.3. The van der Waals surface area contributed by atoms with Crippen molar-refractivity contribution in [2.75, 3.05) is 18.1 Å². The van der Waals surface area contributed by atoms with Crippen LogP contribution >= 0.6 is 38.5 Å². The number of nitrogens with one attached hydrogen (secondary N) is 1. The Morgan fingerprint density at radius 2 is 1.67 bits per heavy atom. The summed E-state index contributed by atoms with van der Waals surface area (Å²) in [4.78, 5) is 39.5. The number of nitrogens with zero attached hydrogens (tertiary/aromatic N) is 1. The van der Waals surface area contributed by atoms with Gasteiger partial charge in [-0.05, 0) is 102 Å². The molecule has 0 atom stereocenters. The van der Waals surface area contributed by atoms with E-state index in [1.54, 1.807) is 36.4 Å². The number of hydrogen-bond donors (Lipinski definition) is 1. The number of halogens is 2. The molecule has 4 amide bonds. The first-order valence-electron chi connectivity index (χ1n) is 12.3. The smallest absolute Gasteiger partial charge is 0.335 e. The van der Waals surface area contributed by atoms with Crippen molar-refractivity contribution in [3.63, 3.8) is 0 Å². The number of ether oxygens (including phenoxy) is 3. The summed E-state index contributed by atoms with van der Waals surface area (Å²) in [6.07, 6.45) is 2.30. The minimum Gasteiger partial charge on any atom is -0.494 e. The SMILES string of the molecule is CCCOc1ccc(N2C(=O)NC(=O)/C(=C/c3cc(I)c(OCc4ccc(Br)cc4)c(OCC)c3)C2=O)cc1. The summed E-state index contributed by atoms with van der Waals surface area (Å²) < 4.78 is 19.2. The molecular weight excluding hydrogens is 679 g/mol. The second-order valence-corrected chi connectivity index (χ2v) is 10.6. The van der Waals surface area contributed by atoms with Crippen LogP contribution in [0.3, 0.4) is 0 Å². The van der Waals surface area contributed by atoms with Crippen molar-refractivity contribution < 1.29 is 28.6 Å². The molecule has 0 radical (unpaired) electrons. The van der Waals surface area contributed by atoms with Gasteiger partial charge in [-0.1, -0.05) is 35.0 Å². The van der Waals surface area contributed by atoms with Crippen LogP contribution in [0.2, 0.25) is 0 Å². The summed E-state index contributed by atoms with van der Waals surface area (Å²) in [5, 5.41) is 2.25. The zero-order chi connectivity index (χ0) is 27.9. The molecule has 10 heteroatoms. The fraction of sp³-hybridized carbons (Fsp3) is 0.207. The van der Waals surface area contributed by atoms with Gasteiger partial charge in [0.1, 0.15) is 17.9 Å². The minimum absolute atomic E-state index is 0.178. The lowest BCUT2D eigenvalue weighted by molar-refractivity contribution is -0.122. The van der Waals surface area contributed by atoms with Crippen molar-refractivity contribution in [2.24, 2.45) is 0 Å². The van der Waals surface area contributed by atoms with Gasteiger partial charge < -0.3 is 14.2 Å². The number of hydrogen-bond acceptors (Lipinski definition) is 6. The van der Waals surface area contributed by atoms with Gasteiger partial charge in [-0.3, -0.25) is 14.9 Å². The van der Waals surface area contributed by atoms with E-state index in [1.807, 2.05) is 38.1 Å². The molecule has 1 fully saturated rings. The average molecular weight is 705 g/mol. The normalized spacial score (nSPS) is 14.4. The third-order valence-electron chi connectivity index (χ3n) is 5.61. The van der Waals surface area contributed by atoms with Gasteiger partial charge >= 0.3 is 6.03 Å². The zero-order valence-electron chi connectivity index (χ0n) is 21.3. The minimum atomic E-state index is -0.814. The van der Waals surface area contributed by atoms with E-state index in [2.05, 4.69) is 43.8 Å². The molecule has 0 aromatic heterocycles. The molecule has 0 spiro atoms. The molecule has 1 saturated heterocycles. The van der Waals surface area contributed by atoms with Gasteiger partial charge in [0.2, 0.25) is 0 Å². The van der Waals surface area contributed by atoms with Gasteiger partial charge in [0.15, 0.2) is 11.5 Å². The molecule has 1 N–H and O–H groups in total. The van der Waals surface area contributed by atoms with Crippen LogP contribution in [0.4, 0.5) is 10.5 Å². The summed E-state index contributed by atoms with van der Waals surface area (Å²) in [6, 6.07) is 17.0. The third-order valence-corrected chi connectivity index (χ3v) is 6.94. The Hall–Kier alpha value is -3.38. The molecule has 4 rings (SSSR count). The van der Waals surface area contributed by atoms with Gasteiger partial charge in [-0.15, -0.1) is 0 Å². The molecule has 3 aromatic rings. The second kappa shape index (κ2) is 13.1. The summed E-state index contributed by atoms with van der Waals surface area (Å²) >= 11 is 5.56. The van der Waals surface area contributed by atoms with E-state index >= 15 is 0 Å². The lowest BCUT2D eigenvalue weighted by Gasteiger charge is -2.26. The topological polar surface area (TPSA) is 94.2 Å². The molecule has 0 unspecified atom stereocenters. The van der Waals surface area contributed by atoms with Crippen molar-refractivity contribution in [2.45, 2.75) is 26.9 Å². The summed E-state index contributed by atoms with van der Waals surface area (Å²) in [7, 11) is 0. The Morgan fingerprint density at radius 1 is 0.949 bits per heavy atom. The van der Waals surface area contributed by atoms with Crippen LogP contribution in [0, 0.1) is 3.57 Å². The maximum absolute atomic E-state index is 13.3. The number of benzene rings is 3. The predicted molar refractivity (Wildman–Crippen MR) is 160 cm³/mol. The number of amides is 4. The van der Waals surface area contributed by atoms with Crippen molar-refractivity contribution in [3.8, 4) is 17.2 Å². The highest BCUT2D eigenvalue weighted by Gasteiger charge is 2.37. The Bertz CT molecular complexity index is 1410. The van der Waals surface area contributed by atoms with Crippen LogP contribution in [0.1, 0.15) is 31.4 Å². The van der Waals surface area contributed by atoms with Crippen molar-refractivity contribution in [3.05, 3.63) is 85.4 Å². The van der Waals surface area contributed by atoms with Crippen molar-refractivity contribution >= 4 is 68.1 Å². The van der Waals surface area contributed by atoms with Gasteiger partial charge in [0.25, 0.3) is 11.8 Å². The lowest BCUT2D eigenvalue weighted by Crippen LogP contribution is -2.54. The summed E-state index contributed by atoms with van der Waals surface area (Å²) in [6.45, 7) is 5.14. The van der Waals surface area contributed by atoms with Crippen molar-refractivity contribution in [1.29, 1.82) is 0 Å². The van der Waals surface area contributed by atoms with Gasteiger partial charge in [0.05, 0.1) is 22.5 Å². The molecule has 1 aliphatic rings. The molecular formula is C29H26BrIN2O6. The van der Waals surface area contributed by atoms with Gasteiger partial charge in [-0.25, -0.2) is 9.69 Å². The molecule has 39 heavy (non-hydrogen) atoms. The Balaban J connectivity index is 1.61. The monoisotopic (exact) mass is 704 g/mol. The summed E-state index contributed by atoms with van der Waals surface area (Å²) in [5.74, 6) is 0.164. The fourth-order valence-electron chi connectivity index (χ4n) is 3.78. The lowest BCUT2D eigenvalue weighted by atomic mass is 10.1. The Morgan fingerprint density at radius 3 is 2.33 bits per heavy atom. The highest BCUT2D eigenvalue weighted by Crippen LogP contribution is 2.36. The first-order valence-corrected chi connectivity index (χ1v) is 14.2. The number of barbiturate groups is 1. The molecule has 8 nitrogen and oxygen atoms in total. The quantitative estimate of drug-likeness (QED) is 0.147. The van der Waals surface area contributed by atoms with E-state index in [4.69, 9.17) is 14.2 Å². The molecule has 1 aliphatic heterocycles. The first kappa shape index (κ1) is 28.6. The number of anilines is 1. The predicted octanol–water partition coefficient (Wildman–Crippen LogP) is 6.49. The number of rotatable bonds is 10. The van der Waals surface area contributed by atoms with E-state index in [0.717, 1.165) is 24.9 Å². The standard InChI is InChI=1S/C29H26BrIN2O6/c1-3-13-38-22-11-9-21(10-12-22)33-28(35)23(27(34)32-29(33)36)14-19-15-24(31)26(25(16-19)37-4-2)39-17-18-5-7-20(30)8-6-18/h5-12,14-16H,3-4,13,17H2,1-2H3,(H,32,34,36)/b23-14-. The molecule has 202 valence electrons. The molecule has 0 aliphatic carbocycles. The Labute approximate surface area is 248 Å². The van der Waals surface area contributed by atoms with Crippen LogP contribution in [-0.2, 0) is 16.2 Å². The molecule has 0 saturated carbocycles. The Kier molecular flexibility index (Phi) is 9.63. The third kappa shape index (κ3) is 6.99. The van der Waals surface area contributed by atoms with Gasteiger partial charge in [0, 0.05) is 4.47 Å². The number of carbonyl (C=O) groups excluding carboxylic acids is 3. The van der Waals surface area contributed by atoms with Crippen LogP contribution < -0.4 is 24.4 Å². The van der Waals surface area contributed by atoms with E-state index in [0.29, 0.717) is 48.3 Å². The maximum Gasteiger partial charge on any atom is 0.335 e. The summed E-state index contributed by atoms with van der Waals surface area (Å²) in [5.41, 5.74) is 1.68. The van der Waals surface area contributed by atoms with Crippen molar-refractivity contribution in [1.82, 2.24) is 5.32 Å².